The van der Waals surface area contributed by atoms with E-state index >= 15 is 0 Å². The molecule has 1 heterocycles. The molecule has 1 aromatic heterocycles. The van der Waals surface area contributed by atoms with E-state index in [1.165, 1.54) is 59.4 Å². The first-order valence-electron chi connectivity index (χ1n) is 13.3. The first kappa shape index (κ1) is 29.3. The number of carbonyl (C=O) groups is 1. The Bertz CT molecular complexity index is 1250. The second-order valence-corrected chi connectivity index (χ2v) is 10.7. The molecule has 0 aliphatic heterocycles. The predicted molar refractivity (Wildman–Crippen MR) is 149 cm³/mol. The van der Waals surface area contributed by atoms with Crippen LogP contribution in [0.4, 0.5) is 0 Å². The van der Waals surface area contributed by atoms with Crippen LogP contribution in [-0.2, 0) is 37.7 Å². The summed E-state index contributed by atoms with van der Waals surface area (Å²) in [6.45, 7) is 4.22. The maximum atomic E-state index is 11.8. The number of hydrogen-bond donors (Lipinski definition) is 1. The van der Waals surface area contributed by atoms with Crippen molar-refractivity contribution in [2.75, 3.05) is 0 Å². The maximum absolute atomic E-state index is 11.8. The third-order valence-electron chi connectivity index (χ3n) is 7.91. The fourth-order valence-electron chi connectivity index (χ4n) is 6.11. The van der Waals surface area contributed by atoms with E-state index in [1.807, 2.05) is 0 Å². The third-order valence-corrected chi connectivity index (χ3v) is 7.91. The van der Waals surface area contributed by atoms with E-state index in [0.29, 0.717) is 5.76 Å². The summed E-state index contributed by atoms with van der Waals surface area (Å²) < 4.78 is 0. The number of aliphatic hydroxyl groups excluding tert-OH is 1. The Kier molecular flexibility index (Phi) is 10.3. The smallest absolute Gasteiger partial charge is 0.162 e. The van der Waals surface area contributed by atoms with Gasteiger partial charge < -0.3 is 5.11 Å². The summed E-state index contributed by atoms with van der Waals surface area (Å²) in [4.78, 5) is 16.6. The van der Waals surface area contributed by atoms with Crippen LogP contribution >= 0.6 is 0 Å². The number of hydrogen-bond acceptors (Lipinski definition) is 3. The first-order valence-corrected chi connectivity index (χ1v) is 13.3. The average molecular weight is 675 g/mol. The zero-order chi connectivity index (χ0) is 24.4. The molecule has 2 fully saturated rings. The first-order chi connectivity index (χ1) is 17.0. The van der Waals surface area contributed by atoms with Crippen LogP contribution in [0.15, 0.2) is 48.2 Å². The van der Waals surface area contributed by atoms with E-state index in [2.05, 4.69) is 56.3 Å². The van der Waals surface area contributed by atoms with Gasteiger partial charge in [-0.3, -0.25) is 9.78 Å². The third kappa shape index (κ3) is 6.78. The van der Waals surface area contributed by atoms with Gasteiger partial charge in [0.25, 0.3) is 0 Å². The van der Waals surface area contributed by atoms with E-state index in [-0.39, 0.29) is 45.2 Å². The van der Waals surface area contributed by atoms with Crippen LogP contribution in [0.5, 0.6) is 0 Å². The number of allylic oxidation sites excluding steroid dienone is 2. The SMILES string of the molecule is C.Cc1[c-]c(-c2cc3c4c(cccc4n2)CC3)cc(C)c1.O=C(C=C(O)C1CCCC1)C1CCCC1.[Ir]. The average Bonchev–Trinajstić information content (AvgIpc) is 3.61. The quantitative estimate of drug-likeness (QED) is 0.172. The predicted octanol–water partition coefficient (Wildman–Crippen LogP) is 8.43. The molecule has 3 aliphatic carbocycles. The van der Waals surface area contributed by atoms with Crippen molar-refractivity contribution >= 4 is 16.7 Å². The van der Waals surface area contributed by atoms with Crippen molar-refractivity contribution in [3.8, 4) is 11.3 Å². The van der Waals surface area contributed by atoms with Crippen molar-refractivity contribution < 1.29 is 30.0 Å². The van der Waals surface area contributed by atoms with Gasteiger partial charge in [-0.2, -0.15) is 0 Å². The summed E-state index contributed by atoms with van der Waals surface area (Å²) in [7, 11) is 0. The normalized spacial score (nSPS) is 17.2. The van der Waals surface area contributed by atoms with Crippen LogP contribution in [0.25, 0.3) is 22.2 Å². The Morgan fingerprint density at radius 3 is 2.27 bits per heavy atom. The fourth-order valence-corrected chi connectivity index (χ4v) is 6.11. The van der Waals surface area contributed by atoms with Crippen molar-refractivity contribution in [3.05, 3.63) is 76.6 Å². The van der Waals surface area contributed by atoms with E-state index in [1.54, 1.807) is 0 Å². The van der Waals surface area contributed by atoms with Crippen LogP contribution in [0.3, 0.4) is 0 Å². The molecule has 3 nitrogen and oxygen atoms in total. The Balaban J connectivity index is 0.000000203. The minimum absolute atomic E-state index is 0. The molecule has 1 N–H and O–H groups in total. The molecular formula is C33H40IrNO2-. The van der Waals surface area contributed by atoms with Gasteiger partial charge in [0.2, 0.25) is 0 Å². The molecule has 0 unspecified atom stereocenters. The van der Waals surface area contributed by atoms with Gasteiger partial charge in [-0.05, 0) is 61.4 Å². The van der Waals surface area contributed by atoms with E-state index in [4.69, 9.17) is 4.98 Å². The van der Waals surface area contributed by atoms with Gasteiger partial charge in [-0.25, -0.2) is 0 Å². The van der Waals surface area contributed by atoms with Crippen LogP contribution in [0, 0.1) is 31.7 Å². The summed E-state index contributed by atoms with van der Waals surface area (Å²) in [5.74, 6) is 0.991. The molecule has 6 rings (SSSR count). The summed E-state index contributed by atoms with van der Waals surface area (Å²) in [5.41, 5.74) is 8.61. The molecule has 199 valence electrons. The number of carbonyl (C=O) groups excluding carboxylic acids is 1. The molecule has 4 heteroatoms. The zero-order valence-corrected chi connectivity index (χ0v) is 23.8. The molecule has 1 radical (unpaired) electrons. The summed E-state index contributed by atoms with van der Waals surface area (Å²) in [6.07, 6.45) is 12.7. The van der Waals surface area contributed by atoms with Crippen molar-refractivity contribution in [1.82, 2.24) is 4.98 Å². The largest absolute Gasteiger partial charge is 0.512 e. The molecule has 3 aliphatic rings. The fraction of sp³-hybridized carbons (Fsp3) is 0.455. The molecule has 0 saturated heterocycles. The maximum Gasteiger partial charge on any atom is 0.162 e. The Morgan fingerprint density at radius 1 is 0.946 bits per heavy atom. The van der Waals surface area contributed by atoms with E-state index < -0.39 is 0 Å². The minimum atomic E-state index is 0. The molecule has 37 heavy (non-hydrogen) atoms. The number of aromatic nitrogens is 1. The summed E-state index contributed by atoms with van der Waals surface area (Å²) in [6, 6.07) is 16.5. The van der Waals surface area contributed by atoms with Crippen molar-refractivity contribution in [2.45, 2.75) is 85.5 Å². The molecule has 2 saturated carbocycles. The van der Waals surface area contributed by atoms with Crippen molar-refractivity contribution in [2.24, 2.45) is 11.8 Å². The monoisotopic (exact) mass is 675 g/mol. The summed E-state index contributed by atoms with van der Waals surface area (Å²) in [5, 5.41) is 11.2. The number of pyridine rings is 1. The number of ketones is 1. The molecule has 0 spiro atoms. The second-order valence-electron chi connectivity index (χ2n) is 10.7. The van der Waals surface area contributed by atoms with E-state index in [0.717, 1.165) is 55.3 Å². The van der Waals surface area contributed by atoms with Crippen LogP contribution in [0.2, 0.25) is 0 Å². The van der Waals surface area contributed by atoms with Crippen molar-refractivity contribution in [3.63, 3.8) is 0 Å². The van der Waals surface area contributed by atoms with Crippen LogP contribution in [0.1, 0.15) is 81.0 Å². The zero-order valence-electron chi connectivity index (χ0n) is 21.4. The molecule has 3 aromatic rings. The summed E-state index contributed by atoms with van der Waals surface area (Å²) >= 11 is 0. The Morgan fingerprint density at radius 2 is 1.59 bits per heavy atom. The van der Waals surface area contributed by atoms with E-state index in [9.17, 15) is 9.90 Å². The Labute approximate surface area is 236 Å². The molecular weight excluding hydrogens is 635 g/mol. The number of aryl methyl sites for hydroxylation is 4. The van der Waals surface area contributed by atoms with Gasteiger partial charge in [-0.1, -0.05) is 65.2 Å². The second kappa shape index (κ2) is 13.0. The van der Waals surface area contributed by atoms with Gasteiger partial charge in [0.05, 0.1) is 11.3 Å². The Hall–Kier alpha value is -2.29. The van der Waals surface area contributed by atoms with Gasteiger partial charge >= 0.3 is 0 Å². The van der Waals surface area contributed by atoms with Gasteiger partial charge in [0.15, 0.2) is 5.78 Å². The molecule has 0 atom stereocenters. The molecule has 0 amide bonds. The number of nitrogens with zero attached hydrogens (tertiary/aromatic N) is 1. The van der Waals surface area contributed by atoms with Crippen LogP contribution in [-0.4, -0.2) is 15.9 Å². The van der Waals surface area contributed by atoms with Crippen molar-refractivity contribution in [1.29, 1.82) is 0 Å². The van der Waals surface area contributed by atoms with Gasteiger partial charge in [0.1, 0.15) is 0 Å². The standard InChI is InChI=1S/C19H16N.C13H20O2.CH4.Ir/c1-12-8-13(2)10-16(9-12)18-11-15-7-6-14-4-3-5-17(20-18)19(14)15;14-12(10-5-1-2-6-10)9-13(15)11-7-3-4-8-11;;/h3-5,8-9,11H,6-7H2,1-2H3;9-11,14H,1-8H2;1H4;/q-1;;;. The molecule has 2 aromatic carbocycles. The van der Waals surface area contributed by atoms with Gasteiger partial charge in [-0.15, -0.1) is 34.9 Å². The minimum Gasteiger partial charge on any atom is -0.512 e. The number of benzene rings is 2. The number of aliphatic hydroxyl groups is 1. The number of rotatable bonds is 4. The van der Waals surface area contributed by atoms with Gasteiger partial charge in [0, 0.05) is 43.4 Å². The van der Waals surface area contributed by atoms with Crippen LogP contribution < -0.4 is 0 Å². The molecule has 0 bridgehead atoms. The topological polar surface area (TPSA) is 50.2 Å².